The molecule has 0 aliphatic rings. The third-order valence-corrected chi connectivity index (χ3v) is 3.65. The summed E-state index contributed by atoms with van der Waals surface area (Å²) in [6.45, 7) is 13.2. The van der Waals surface area contributed by atoms with E-state index < -0.39 is 0 Å². The molecule has 0 amide bonds. The molecule has 7 nitrogen and oxygen atoms in total. The first-order valence-electron chi connectivity index (χ1n) is 8.50. The molecule has 1 N–H and O–H groups in total. The standard InChI is InChI=1S/C11H16N4O2.C6H15N/c1-5-6-15-7(2)12-9-8(15)10(16)14(4)11(17)13(9)3;1-5(2)7-6(3)4/h5-6H2,1-4H3;5-7H,1-4H3. The van der Waals surface area contributed by atoms with Crippen molar-refractivity contribution in [2.24, 2.45) is 14.1 Å². The number of imidazole rings is 1. The zero-order valence-electron chi connectivity index (χ0n) is 16.2. The molecule has 0 saturated heterocycles. The molecule has 0 saturated carbocycles. The maximum Gasteiger partial charge on any atom is 0.332 e. The van der Waals surface area contributed by atoms with Crippen molar-refractivity contribution < 1.29 is 0 Å². The summed E-state index contributed by atoms with van der Waals surface area (Å²) >= 11 is 0. The molecule has 7 heteroatoms. The lowest BCUT2D eigenvalue weighted by Crippen LogP contribution is -2.37. The van der Waals surface area contributed by atoms with Crippen LogP contribution in [0, 0.1) is 6.92 Å². The van der Waals surface area contributed by atoms with Crippen molar-refractivity contribution in [2.75, 3.05) is 0 Å². The SMILES string of the molecule is CC(C)NC(C)C.CCCn1c(C)nc2c1c(=O)n(C)c(=O)n2C. The van der Waals surface area contributed by atoms with Gasteiger partial charge in [-0.1, -0.05) is 34.6 Å². The lowest BCUT2D eigenvalue weighted by molar-refractivity contribution is 0.518. The highest BCUT2D eigenvalue weighted by molar-refractivity contribution is 5.70. The summed E-state index contributed by atoms with van der Waals surface area (Å²) in [5, 5.41) is 3.31. The van der Waals surface area contributed by atoms with E-state index in [-0.39, 0.29) is 11.2 Å². The molecule has 2 aromatic heterocycles. The van der Waals surface area contributed by atoms with Crippen LogP contribution < -0.4 is 16.6 Å². The predicted octanol–water partition coefficient (Wildman–Crippen LogP) is 1.54. The van der Waals surface area contributed by atoms with E-state index in [0.29, 0.717) is 23.2 Å². The molecule has 0 fully saturated rings. The average Bonchev–Trinajstić information content (AvgIpc) is 2.80. The number of aryl methyl sites for hydroxylation is 3. The van der Waals surface area contributed by atoms with E-state index in [0.717, 1.165) is 23.4 Å². The van der Waals surface area contributed by atoms with E-state index in [1.807, 2.05) is 18.4 Å². The Bertz CT molecular complexity index is 790. The summed E-state index contributed by atoms with van der Waals surface area (Å²) in [5.41, 5.74) is 0.346. The smallest absolute Gasteiger partial charge is 0.322 e. The Hall–Kier alpha value is -1.89. The Morgan fingerprint density at radius 2 is 1.58 bits per heavy atom. The minimum absolute atomic E-state index is 0.280. The van der Waals surface area contributed by atoms with E-state index in [1.54, 1.807) is 7.05 Å². The Morgan fingerprint density at radius 3 is 2.00 bits per heavy atom. The van der Waals surface area contributed by atoms with E-state index in [4.69, 9.17) is 0 Å². The van der Waals surface area contributed by atoms with E-state index in [9.17, 15) is 9.59 Å². The highest BCUT2D eigenvalue weighted by atomic mass is 16.2. The molecular formula is C17H31N5O2. The third kappa shape index (κ3) is 4.35. The molecule has 0 aliphatic carbocycles. The molecule has 2 rings (SSSR count). The number of rotatable bonds is 4. The zero-order chi connectivity index (χ0) is 18.6. The molecule has 0 aliphatic heterocycles. The number of hydrogen-bond acceptors (Lipinski definition) is 4. The van der Waals surface area contributed by atoms with Gasteiger partial charge in [-0.05, 0) is 13.3 Å². The second-order valence-electron chi connectivity index (χ2n) is 6.66. The summed E-state index contributed by atoms with van der Waals surface area (Å²) in [4.78, 5) is 28.2. The highest BCUT2D eigenvalue weighted by Gasteiger charge is 2.16. The van der Waals surface area contributed by atoms with E-state index in [2.05, 4.69) is 38.0 Å². The van der Waals surface area contributed by atoms with Gasteiger partial charge in [-0.2, -0.15) is 0 Å². The fourth-order valence-electron chi connectivity index (χ4n) is 2.72. The van der Waals surface area contributed by atoms with Gasteiger partial charge >= 0.3 is 5.69 Å². The van der Waals surface area contributed by atoms with Gasteiger partial charge < -0.3 is 9.88 Å². The lowest BCUT2D eigenvalue weighted by Gasteiger charge is -2.10. The van der Waals surface area contributed by atoms with Crippen molar-refractivity contribution in [3.63, 3.8) is 0 Å². The Morgan fingerprint density at radius 1 is 1.04 bits per heavy atom. The van der Waals surface area contributed by atoms with Gasteiger partial charge in [-0.3, -0.25) is 13.9 Å². The van der Waals surface area contributed by atoms with Crippen molar-refractivity contribution >= 4 is 11.2 Å². The van der Waals surface area contributed by atoms with Gasteiger partial charge in [0.15, 0.2) is 11.2 Å². The molecule has 0 radical (unpaired) electrons. The molecule has 0 spiro atoms. The Balaban J connectivity index is 0.000000351. The van der Waals surface area contributed by atoms with Crippen molar-refractivity contribution in [3.05, 3.63) is 26.7 Å². The van der Waals surface area contributed by atoms with Crippen LogP contribution in [0.4, 0.5) is 0 Å². The first-order chi connectivity index (χ1) is 11.1. The molecule has 0 aromatic carbocycles. The van der Waals surface area contributed by atoms with Gasteiger partial charge in [0.2, 0.25) is 0 Å². The van der Waals surface area contributed by atoms with Gasteiger partial charge in [0.25, 0.3) is 5.56 Å². The Labute approximate surface area is 143 Å². The van der Waals surface area contributed by atoms with Crippen LogP contribution in [0.25, 0.3) is 11.2 Å². The molecular weight excluding hydrogens is 306 g/mol. The second kappa shape index (κ2) is 8.28. The van der Waals surface area contributed by atoms with Gasteiger partial charge in [-0.25, -0.2) is 9.78 Å². The highest BCUT2D eigenvalue weighted by Crippen LogP contribution is 2.10. The summed E-state index contributed by atoms with van der Waals surface area (Å²) in [6, 6.07) is 1.25. The van der Waals surface area contributed by atoms with Gasteiger partial charge in [0, 0.05) is 32.7 Å². The topological polar surface area (TPSA) is 73.8 Å². The van der Waals surface area contributed by atoms with Crippen LogP contribution in [0.15, 0.2) is 9.59 Å². The maximum absolute atomic E-state index is 12.1. The normalized spacial score (nSPS) is 11.2. The van der Waals surface area contributed by atoms with Crippen LogP contribution in [0.5, 0.6) is 0 Å². The fourth-order valence-corrected chi connectivity index (χ4v) is 2.72. The molecule has 24 heavy (non-hydrogen) atoms. The minimum Gasteiger partial charge on any atom is -0.322 e. The Kier molecular flexibility index (Phi) is 6.95. The van der Waals surface area contributed by atoms with Gasteiger partial charge in [-0.15, -0.1) is 0 Å². The largest absolute Gasteiger partial charge is 0.332 e. The number of nitrogens with zero attached hydrogens (tertiary/aromatic N) is 4. The fraction of sp³-hybridized carbons (Fsp3) is 0.706. The van der Waals surface area contributed by atoms with E-state index in [1.165, 1.54) is 11.6 Å². The third-order valence-electron chi connectivity index (χ3n) is 3.65. The van der Waals surface area contributed by atoms with Crippen LogP contribution in [-0.4, -0.2) is 30.8 Å². The zero-order valence-corrected chi connectivity index (χ0v) is 16.2. The first kappa shape index (κ1) is 20.2. The lowest BCUT2D eigenvalue weighted by atomic mass is 10.3. The molecule has 2 heterocycles. The molecule has 0 bridgehead atoms. The maximum atomic E-state index is 12.1. The summed E-state index contributed by atoms with van der Waals surface area (Å²) in [7, 11) is 3.12. The van der Waals surface area contributed by atoms with Gasteiger partial charge in [0.05, 0.1) is 0 Å². The van der Waals surface area contributed by atoms with Crippen LogP contribution in [-0.2, 0) is 20.6 Å². The van der Waals surface area contributed by atoms with Crippen LogP contribution in [0.2, 0.25) is 0 Å². The van der Waals surface area contributed by atoms with Crippen LogP contribution >= 0.6 is 0 Å². The number of hydrogen-bond donors (Lipinski definition) is 1. The summed E-state index contributed by atoms with van der Waals surface area (Å²) < 4.78 is 4.41. The number of aromatic nitrogens is 4. The monoisotopic (exact) mass is 337 g/mol. The summed E-state index contributed by atoms with van der Waals surface area (Å²) in [5.74, 6) is 0.764. The molecule has 136 valence electrons. The number of nitrogens with one attached hydrogen (secondary N) is 1. The first-order valence-corrected chi connectivity index (χ1v) is 8.50. The average molecular weight is 337 g/mol. The molecule has 0 unspecified atom stereocenters. The number of fused-ring (bicyclic) bond motifs is 1. The van der Waals surface area contributed by atoms with Crippen LogP contribution in [0.1, 0.15) is 46.9 Å². The van der Waals surface area contributed by atoms with Gasteiger partial charge in [0.1, 0.15) is 5.82 Å². The predicted molar refractivity (Wildman–Crippen MR) is 98.7 cm³/mol. The van der Waals surface area contributed by atoms with E-state index >= 15 is 0 Å². The van der Waals surface area contributed by atoms with Crippen molar-refractivity contribution in [3.8, 4) is 0 Å². The minimum atomic E-state index is -0.344. The summed E-state index contributed by atoms with van der Waals surface area (Å²) in [6.07, 6.45) is 0.915. The molecule has 0 atom stereocenters. The van der Waals surface area contributed by atoms with Crippen molar-refractivity contribution in [1.82, 2.24) is 24.0 Å². The second-order valence-corrected chi connectivity index (χ2v) is 6.66. The van der Waals surface area contributed by atoms with Crippen molar-refractivity contribution in [2.45, 2.75) is 66.6 Å². The van der Waals surface area contributed by atoms with Crippen molar-refractivity contribution in [1.29, 1.82) is 0 Å². The molecule has 2 aromatic rings. The van der Waals surface area contributed by atoms with Crippen LogP contribution in [0.3, 0.4) is 0 Å². The quantitative estimate of drug-likeness (QED) is 0.918.